The van der Waals surface area contributed by atoms with Crippen LogP contribution in [0, 0.1) is 5.92 Å². The summed E-state index contributed by atoms with van der Waals surface area (Å²) in [4.78, 5) is 26.0. The SMILES string of the molecule is O=C1O[C@]2(CN3CCC2CC3)CN1c1ccc(-c2ccncn2)s1. The van der Waals surface area contributed by atoms with E-state index in [1.165, 1.54) is 0 Å². The molecule has 0 unspecified atom stereocenters. The molecule has 6 heterocycles. The lowest BCUT2D eigenvalue weighted by Gasteiger charge is -2.49. The Morgan fingerprint density at radius 3 is 2.79 bits per heavy atom. The molecule has 2 aromatic heterocycles. The van der Waals surface area contributed by atoms with Gasteiger partial charge in [-0.05, 0) is 44.1 Å². The van der Waals surface area contributed by atoms with E-state index in [4.69, 9.17) is 4.74 Å². The zero-order valence-electron chi connectivity index (χ0n) is 13.2. The summed E-state index contributed by atoms with van der Waals surface area (Å²) >= 11 is 1.58. The number of thiophene rings is 1. The smallest absolute Gasteiger partial charge is 0.415 e. The number of amides is 1. The van der Waals surface area contributed by atoms with Gasteiger partial charge in [0.25, 0.3) is 0 Å². The van der Waals surface area contributed by atoms with Gasteiger partial charge in [0, 0.05) is 18.7 Å². The number of hydrogen-bond acceptors (Lipinski definition) is 6. The molecule has 4 fully saturated rings. The number of fused-ring (bicyclic) bond motifs is 2. The molecule has 2 aromatic rings. The molecule has 1 amide bonds. The molecule has 7 heteroatoms. The highest BCUT2D eigenvalue weighted by atomic mass is 32.1. The molecule has 4 saturated heterocycles. The van der Waals surface area contributed by atoms with E-state index in [0.29, 0.717) is 12.5 Å². The Morgan fingerprint density at radius 2 is 2.08 bits per heavy atom. The summed E-state index contributed by atoms with van der Waals surface area (Å²) in [5, 5.41) is 0.932. The Kier molecular flexibility index (Phi) is 3.14. The Bertz CT molecular complexity index is 772. The van der Waals surface area contributed by atoms with Gasteiger partial charge in [-0.15, -0.1) is 11.3 Å². The molecule has 2 bridgehead atoms. The van der Waals surface area contributed by atoms with Crippen LogP contribution in [0.4, 0.5) is 9.80 Å². The van der Waals surface area contributed by atoms with Crippen molar-refractivity contribution in [3.05, 3.63) is 30.7 Å². The van der Waals surface area contributed by atoms with Crippen LogP contribution in [-0.2, 0) is 4.74 Å². The van der Waals surface area contributed by atoms with Crippen molar-refractivity contribution in [2.24, 2.45) is 5.92 Å². The van der Waals surface area contributed by atoms with Crippen LogP contribution in [0.25, 0.3) is 10.6 Å². The number of carbonyl (C=O) groups excluding carboxylic acids is 1. The first kappa shape index (κ1) is 14.4. The highest BCUT2D eigenvalue weighted by Gasteiger charge is 2.55. The van der Waals surface area contributed by atoms with Crippen molar-refractivity contribution in [1.29, 1.82) is 0 Å². The van der Waals surface area contributed by atoms with Crippen molar-refractivity contribution in [2.45, 2.75) is 18.4 Å². The lowest BCUT2D eigenvalue weighted by molar-refractivity contribution is -0.0881. The monoisotopic (exact) mass is 342 g/mol. The lowest BCUT2D eigenvalue weighted by atomic mass is 9.75. The molecule has 124 valence electrons. The molecule has 6 nitrogen and oxygen atoms in total. The minimum atomic E-state index is -0.313. The van der Waals surface area contributed by atoms with Crippen molar-refractivity contribution < 1.29 is 9.53 Å². The van der Waals surface area contributed by atoms with E-state index in [1.54, 1.807) is 28.8 Å². The van der Waals surface area contributed by atoms with E-state index in [0.717, 1.165) is 48.0 Å². The first-order valence-corrected chi connectivity index (χ1v) is 9.14. The molecule has 0 N–H and O–H groups in total. The summed E-state index contributed by atoms with van der Waals surface area (Å²) in [6.07, 6.45) is 5.34. The summed E-state index contributed by atoms with van der Waals surface area (Å²) in [7, 11) is 0. The maximum Gasteiger partial charge on any atom is 0.415 e. The Balaban J connectivity index is 1.42. The fraction of sp³-hybridized carbons (Fsp3) is 0.471. The topological polar surface area (TPSA) is 58.6 Å². The summed E-state index contributed by atoms with van der Waals surface area (Å²) in [6.45, 7) is 3.82. The maximum atomic E-state index is 12.5. The number of piperidine rings is 3. The molecular formula is C17H18N4O2S. The number of aromatic nitrogens is 2. The molecule has 0 saturated carbocycles. The first-order chi connectivity index (χ1) is 11.7. The average Bonchev–Trinajstić information content (AvgIpc) is 3.22. The van der Waals surface area contributed by atoms with E-state index in [1.807, 2.05) is 18.2 Å². The fourth-order valence-electron chi connectivity index (χ4n) is 4.23. The van der Waals surface area contributed by atoms with Gasteiger partial charge in [0.15, 0.2) is 0 Å². The predicted octanol–water partition coefficient (Wildman–Crippen LogP) is 2.63. The van der Waals surface area contributed by atoms with Crippen LogP contribution in [0.2, 0.25) is 0 Å². The largest absolute Gasteiger partial charge is 0.439 e. The van der Waals surface area contributed by atoms with Crippen molar-refractivity contribution in [3.63, 3.8) is 0 Å². The second-order valence-electron chi connectivity index (χ2n) is 6.80. The van der Waals surface area contributed by atoms with Crippen molar-refractivity contribution in [1.82, 2.24) is 14.9 Å². The van der Waals surface area contributed by atoms with Crippen LogP contribution in [0.3, 0.4) is 0 Å². The van der Waals surface area contributed by atoms with Gasteiger partial charge in [0.2, 0.25) is 0 Å². The van der Waals surface area contributed by atoms with Crippen LogP contribution in [0.1, 0.15) is 12.8 Å². The molecule has 24 heavy (non-hydrogen) atoms. The van der Waals surface area contributed by atoms with Crippen LogP contribution in [0.5, 0.6) is 0 Å². The molecule has 4 aliphatic rings. The number of hydrogen-bond donors (Lipinski definition) is 0. The number of carbonyl (C=O) groups is 1. The van der Waals surface area contributed by atoms with E-state index < -0.39 is 0 Å². The van der Waals surface area contributed by atoms with Crippen LogP contribution >= 0.6 is 11.3 Å². The van der Waals surface area contributed by atoms with Crippen LogP contribution in [-0.4, -0.2) is 52.7 Å². The van der Waals surface area contributed by atoms with E-state index >= 15 is 0 Å². The second-order valence-corrected chi connectivity index (χ2v) is 7.86. The molecule has 0 aromatic carbocycles. The minimum absolute atomic E-state index is 0.208. The quantitative estimate of drug-likeness (QED) is 0.840. The van der Waals surface area contributed by atoms with Gasteiger partial charge in [-0.3, -0.25) is 9.80 Å². The minimum Gasteiger partial charge on any atom is -0.439 e. The second kappa shape index (κ2) is 5.26. The van der Waals surface area contributed by atoms with Crippen molar-refractivity contribution in [3.8, 4) is 10.6 Å². The number of nitrogens with zero attached hydrogens (tertiary/aromatic N) is 4. The van der Waals surface area contributed by atoms with Gasteiger partial charge in [-0.2, -0.15) is 0 Å². The third kappa shape index (κ3) is 2.15. The van der Waals surface area contributed by atoms with Crippen LogP contribution < -0.4 is 4.90 Å². The fourth-order valence-corrected chi connectivity index (χ4v) is 5.20. The Hall–Kier alpha value is -1.99. The standard InChI is InChI=1S/C17H18N4O2S/c22-16-21(10-17(23-16)9-20-7-4-12(17)5-8-20)15-2-1-14(24-15)13-3-6-18-11-19-13/h1-3,6,11-12H,4-5,7-10H2/t17-/m1/s1. The third-order valence-corrected chi connectivity index (χ3v) is 6.58. The highest BCUT2D eigenvalue weighted by molar-refractivity contribution is 7.19. The number of ether oxygens (including phenoxy) is 1. The van der Waals surface area contributed by atoms with E-state index in [9.17, 15) is 4.79 Å². The Morgan fingerprint density at radius 1 is 1.21 bits per heavy atom. The molecule has 1 spiro atoms. The average molecular weight is 342 g/mol. The lowest BCUT2D eigenvalue weighted by Crippen LogP contribution is -2.61. The van der Waals surface area contributed by atoms with Gasteiger partial charge < -0.3 is 4.74 Å². The van der Waals surface area contributed by atoms with Crippen molar-refractivity contribution in [2.75, 3.05) is 31.1 Å². The predicted molar refractivity (Wildman–Crippen MR) is 91.1 cm³/mol. The van der Waals surface area contributed by atoms with Gasteiger partial charge in [0.1, 0.15) is 16.9 Å². The summed E-state index contributed by atoms with van der Waals surface area (Å²) in [5.74, 6) is 0.498. The Labute approximate surface area is 144 Å². The molecule has 1 atom stereocenters. The van der Waals surface area contributed by atoms with Gasteiger partial charge >= 0.3 is 6.09 Å². The van der Waals surface area contributed by atoms with Gasteiger partial charge in [-0.25, -0.2) is 14.8 Å². The number of anilines is 1. The molecule has 6 rings (SSSR count). The molecule has 0 radical (unpaired) electrons. The highest BCUT2D eigenvalue weighted by Crippen LogP contribution is 2.44. The summed E-state index contributed by atoms with van der Waals surface area (Å²) in [6, 6.07) is 5.88. The summed E-state index contributed by atoms with van der Waals surface area (Å²) in [5.41, 5.74) is 0.568. The number of rotatable bonds is 2. The van der Waals surface area contributed by atoms with E-state index in [2.05, 4.69) is 14.9 Å². The van der Waals surface area contributed by atoms with Crippen molar-refractivity contribution >= 4 is 22.4 Å². The van der Waals surface area contributed by atoms with Gasteiger partial charge in [-0.1, -0.05) is 0 Å². The molecule has 0 aliphatic carbocycles. The third-order valence-electron chi connectivity index (χ3n) is 5.45. The van der Waals surface area contributed by atoms with E-state index in [-0.39, 0.29) is 11.7 Å². The first-order valence-electron chi connectivity index (χ1n) is 8.33. The normalized spacial score (nSPS) is 31.7. The zero-order valence-corrected chi connectivity index (χ0v) is 14.0. The van der Waals surface area contributed by atoms with Crippen LogP contribution in [0.15, 0.2) is 30.7 Å². The maximum absolute atomic E-state index is 12.5. The van der Waals surface area contributed by atoms with Gasteiger partial charge in [0.05, 0.1) is 17.1 Å². The molecule has 4 aliphatic heterocycles. The molecular weight excluding hydrogens is 324 g/mol. The zero-order chi connectivity index (χ0) is 16.1. The summed E-state index contributed by atoms with van der Waals surface area (Å²) < 4.78 is 5.93.